The Labute approximate surface area is 128 Å². The number of rotatable bonds is 3. The summed E-state index contributed by atoms with van der Waals surface area (Å²) >= 11 is 0. The Morgan fingerprint density at radius 1 is 1.27 bits per heavy atom. The maximum absolute atomic E-state index is 12.6. The van der Waals surface area contributed by atoms with Crippen LogP contribution in [0.2, 0.25) is 0 Å². The van der Waals surface area contributed by atoms with Gasteiger partial charge in [0.1, 0.15) is 6.04 Å². The number of hydrogen-bond acceptors (Lipinski definition) is 6. The van der Waals surface area contributed by atoms with Crippen LogP contribution in [0.1, 0.15) is 20.8 Å². The quantitative estimate of drug-likeness (QED) is 0.468. The van der Waals surface area contributed by atoms with Crippen LogP contribution in [0.5, 0.6) is 0 Å². The van der Waals surface area contributed by atoms with Crippen LogP contribution in [0, 0.1) is 15.5 Å². The van der Waals surface area contributed by atoms with Gasteiger partial charge in [0.2, 0.25) is 10.0 Å². The summed E-state index contributed by atoms with van der Waals surface area (Å²) < 4.78 is 30.8. The first-order valence-corrected chi connectivity index (χ1v) is 7.81. The molecule has 1 heterocycles. The van der Waals surface area contributed by atoms with Crippen LogP contribution in [0.15, 0.2) is 29.2 Å². The van der Waals surface area contributed by atoms with Crippen molar-refractivity contribution in [1.82, 2.24) is 4.22 Å². The van der Waals surface area contributed by atoms with E-state index in [1.54, 1.807) is 20.8 Å². The molecule has 0 saturated carbocycles. The molecule has 1 atom stereocenters. The molecule has 1 aromatic carbocycles. The van der Waals surface area contributed by atoms with E-state index in [4.69, 9.17) is 4.65 Å². The smallest absolute Gasteiger partial charge is 0.498 e. The topological polar surface area (TPSA) is 107 Å². The lowest BCUT2D eigenvalue weighted by molar-refractivity contribution is -0.384. The van der Waals surface area contributed by atoms with E-state index in [-0.39, 0.29) is 10.6 Å². The minimum atomic E-state index is -4.04. The summed E-state index contributed by atoms with van der Waals surface area (Å²) in [5, 5.41) is 10.6. The maximum Gasteiger partial charge on any atom is 0.498 e. The van der Waals surface area contributed by atoms with E-state index in [1.165, 1.54) is 0 Å². The second-order valence-electron chi connectivity index (χ2n) is 5.90. The van der Waals surface area contributed by atoms with Gasteiger partial charge in [0, 0.05) is 12.1 Å². The zero-order chi connectivity index (χ0) is 16.7. The summed E-state index contributed by atoms with van der Waals surface area (Å²) in [6.07, 6.45) is 0. The largest absolute Gasteiger partial charge is 0.520 e. The molecule has 1 aliphatic heterocycles. The fourth-order valence-corrected chi connectivity index (χ4v) is 3.68. The molecule has 1 aliphatic rings. The zero-order valence-electron chi connectivity index (χ0n) is 12.2. The van der Waals surface area contributed by atoms with E-state index in [0.29, 0.717) is 0 Å². The standard InChI is InChI=1S/C12H14BN2O6S/c1-12(2,3)10-11(16)21-13-14(10)22(19,20)9-6-4-8(5-7-9)15(17)18/h4-7,10H,1-3H3/t10-/m1/s1. The van der Waals surface area contributed by atoms with Crippen molar-refractivity contribution in [2.75, 3.05) is 0 Å². The van der Waals surface area contributed by atoms with Gasteiger partial charge in [-0.3, -0.25) is 14.9 Å². The lowest BCUT2D eigenvalue weighted by atomic mass is 9.86. The summed E-state index contributed by atoms with van der Waals surface area (Å²) in [4.78, 5) is 21.7. The number of sulfonamides is 1. The molecule has 117 valence electrons. The lowest BCUT2D eigenvalue weighted by Crippen LogP contribution is -2.46. The first kappa shape index (κ1) is 16.4. The van der Waals surface area contributed by atoms with Gasteiger partial charge in [-0.05, 0) is 17.5 Å². The van der Waals surface area contributed by atoms with Crippen molar-refractivity contribution >= 4 is 29.3 Å². The van der Waals surface area contributed by atoms with Crippen molar-refractivity contribution in [2.24, 2.45) is 5.41 Å². The number of non-ortho nitro benzene ring substituents is 1. The van der Waals surface area contributed by atoms with Gasteiger partial charge in [0.25, 0.3) is 5.69 Å². The third-order valence-electron chi connectivity index (χ3n) is 3.19. The van der Waals surface area contributed by atoms with Crippen molar-refractivity contribution in [3.63, 3.8) is 0 Å². The van der Waals surface area contributed by atoms with Gasteiger partial charge in [0.15, 0.2) is 0 Å². The minimum Gasteiger partial charge on any atom is -0.520 e. The summed E-state index contributed by atoms with van der Waals surface area (Å²) in [5.41, 5.74) is -0.887. The fourth-order valence-electron chi connectivity index (χ4n) is 2.13. The highest BCUT2D eigenvalue weighted by molar-refractivity contribution is 7.90. The molecule has 0 aromatic heterocycles. The molecule has 0 amide bonds. The van der Waals surface area contributed by atoms with E-state index in [1.807, 2.05) is 0 Å². The lowest BCUT2D eigenvalue weighted by Gasteiger charge is -2.30. The fraction of sp³-hybridized carbons (Fsp3) is 0.417. The molecule has 0 aliphatic carbocycles. The van der Waals surface area contributed by atoms with Gasteiger partial charge in [0.05, 0.1) is 9.82 Å². The third kappa shape index (κ3) is 2.84. The van der Waals surface area contributed by atoms with Gasteiger partial charge in [-0.2, -0.15) is 4.22 Å². The molecule has 0 bridgehead atoms. The van der Waals surface area contributed by atoms with Gasteiger partial charge in [-0.15, -0.1) is 0 Å². The summed E-state index contributed by atoms with van der Waals surface area (Å²) in [6, 6.07) is 3.45. The van der Waals surface area contributed by atoms with E-state index in [0.717, 1.165) is 36.1 Å². The number of hydrogen-bond donors (Lipinski definition) is 0. The molecule has 2 rings (SSSR count). The highest BCUT2D eigenvalue weighted by Gasteiger charge is 2.50. The highest BCUT2D eigenvalue weighted by Crippen LogP contribution is 2.33. The molecule has 8 nitrogen and oxygen atoms in total. The number of carbonyl (C=O) groups is 1. The summed E-state index contributed by atoms with van der Waals surface area (Å²) in [7, 11) is -3.17. The van der Waals surface area contributed by atoms with E-state index < -0.39 is 32.4 Å². The SMILES string of the molecule is CC(C)(C)[C@H]1C(=O)O[B]N1S(=O)(=O)c1ccc([N+](=O)[O-])cc1. The first-order chi connectivity index (χ1) is 10.0. The van der Waals surface area contributed by atoms with Crippen molar-refractivity contribution in [2.45, 2.75) is 31.7 Å². The zero-order valence-corrected chi connectivity index (χ0v) is 13.0. The van der Waals surface area contributed by atoms with Gasteiger partial charge < -0.3 is 4.65 Å². The molecule has 0 unspecified atom stereocenters. The van der Waals surface area contributed by atoms with Crippen molar-refractivity contribution in [1.29, 1.82) is 0 Å². The first-order valence-electron chi connectivity index (χ1n) is 6.37. The van der Waals surface area contributed by atoms with E-state index >= 15 is 0 Å². The van der Waals surface area contributed by atoms with Crippen LogP contribution in [0.3, 0.4) is 0 Å². The average molecular weight is 325 g/mol. The van der Waals surface area contributed by atoms with Gasteiger partial charge >= 0.3 is 13.6 Å². The molecule has 0 spiro atoms. The van der Waals surface area contributed by atoms with Crippen LogP contribution < -0.4 is 0 Å². The number of nitro benzene ring substituents is 1. The van der Waals surface area contributed by atoms with Crippen molar-refractivity contribution in [3.05, 3.63) is 34.4 Å². The second-order valence-corrected chi connectivity index (χ2v) is 7.74. The number of carbonyl (C=O) groups excluding carboxylic acids is 1. The average Bonchev–Trinajstić information content (AvgIpc) is 2.81. The predicted octanol–water partition coefficient (Wildman–Crippen LogP) is 1.09. The summed E-state index contributed by atoms with van der Waals surface area (Å²) in [5.74, 6) is -0.655. The molecular formula is C12H14BN2O6S. The number of benzene rings is 1. The van der Waals surface area contributed by atoms with E-state index in [9.17, 15) is 23.3 Å². The molecule has 1 fully saturated rings. The maximum atomic E-state index is 12.6. The van der Waals surface area contributed by atoms with Crippen LogP contribution in [-0.4, -0.2) is 37.2 Å². The van der Waals surface area contributed by atoms with Crippen molar-refractivity contribution in [3.8, 4) is 0 Å². The molecule has 22 heavy (non-hydrogen) atoms. The Morgan fingerprint density at radius 2 is 1.82 bits per heavy atom. The molecular weight excluding hydrogens is 311 g/mol. The molecule has 10 heteroatoms. The van der Waals surface area contributed by atoms with Crippen LogP contribution in [-0.2, 0) is 19.5 Å². The van der Waals surface area contributed by atoms with Gasteiger partial charge in [-0.25, -0.2) is 8.42 Å². The molecule has 1 saturated heterocycles. The van der Waals surface area contributed by atoms with Crippen molar-refractivity contribution < 1.29 is 22.8 Å². The minimum absolute atomic E-state index is 0.151. The Bertz CT molecular complexity index is 710. The monoisotopic (exact) mass is 325 g/mol. The van der Waals surface area contributed by atoms with Gasteiger partial charge in [-0.1, -0.05) is 20.8 Å². The highest BCUT2D eigenvalue weighted by atomic mass is 32.2. The second kappa shape index (κ2) is 5.36. The molecule has 1 aromatic rings. The third-order valence-corrected chi connectivity index (χ3v) is 4.91. The Kier molecular flexibility index (Phi) is 4.01. The Hall–Kier alpha value is -1.94. The van der Waals surface area contributed by atoms with E-state index in [2.05, 4.69) is 0 Å². The number of nitro groups is 1. The van der Waals surface area contributed by atoms with Crippen LogP contribution in [0.4, 0.5) is 5.69 Å². The van der Waals surface area contributed by atoms with Crippen LogP contribution in [0.25, 0.3) is 0 Å². The van der Waals surface area contributed by atoms with Crippen LogP contribution >= 0.6 is 0 Å². The Balaban J connectivity index is 2.41. The summed E-state index contributed by atoms with van der Waals surface area (Å²) in [6.45, 7) is 5.16. The molecule has 1 radical (unpaired) electrons. The predicted molar refractivity (Wildman–Crippen MR) is 77.2 cm³/mol. The molecule has 0 N–H and O–H groups in total. The number of nitrogens with zero attached hydrogens (tertiary/aromatic N) is 2. The normalized spacial score (nSPS) is 19.6. The Morgan fingerprint density at radius 3 is 2.27 bits per heavy atom.